The molecule has 0 amide bonds. The molecule has 2 rings (SSSR count). The van der Waals surface area contributed by atoms with Crippen LogP contribution in [-0.2, 0) is 9.53 Å². The summed E-state index contributed by atoms with van der Waals surface area (Å²) < 4.78 is 4.15. The molecule has 6 heteroatoms. The van der Waals surface area contributed by atoms with E-state index in [1.54, 1.807) is 25.4 Å². The summed E-state index contributed by atoms with van der Waals surface area (Å²) in [7, 11) is 0. The van der Waals surface area contributed by atoms with Crippen molar-refractivity contribution < 1.29 is 9.53 Å². The maximum Gasteiger partial charge on any atom is 0.293 e. The van der Waals surface area contributed by atoms with E-state index in [9.17, 15) is 4.79 Å². The normalized spacial score (nSPS) is 9.40. The van der Waals surface area contributed by atoms with Crippen molar-refractivity contribution in [2.45, 2.75) is 13.8 Å². The van der Waals surface area contributed by atoms with Crippen molar-refractivity contribution in [1.82, 2.24) is 9.97 Å². The van der Waals surface area contributed by atoms with Gasteiger partial charge >= 0.3 is 0 Å². The molecule has 0 N–H and O–H groups in total. The Hall–Kier alpha value is -1.65. The highest BCUT2D eigenvalue weighted by Gasteiger charge is 2.07. The molecule has 0 fully saturated rings. The number of aryl methyl sites for hydroxylation is 1. The molecule has 0 saturated carbocycles. The maximum atomic E-state index is 9.18. The highest BCUT2D eigenvalue weighted by atomic mass is 35.5. The Morgan fingerprint density at radius 2 is 2.00 bits per heavy atom. The number of carbonyl (C=O) groups is 1. The molecule has 0 saturated heterocycles. The predicted octanol–water partition coefficient (Wildman–Crippen LogP) is 3.94. The van der Waals surface area contributed by atoms with Gasteiger partial charge < -0.3 is 4.74 Å². The van der Waals surface area contributed by atoms with Gasteiger partial charge in [-0.3, -0.25) is 14.8 Å². The van der Waals surface area contributed by atoms with Gasteiger partial charge in [-0.1, -0.05) is 35.3 Å². The molecule has 0 unspecified atom stereocenters. The number of hydrogen-bond donors (Lipinski definition) is 0. The zero-order chi connectivity index (χ0) is 15.0. The van der Waals surface area contributed by atoms with E-state index in [1.165, 1.54) is 0 Å². The number of ether oxygens (including phenoxy) is 1. The highest BCUT2D eigenvalue weighted by molar-refractivity contribution is 6.43. The highest BCUT2D eigenvalue weighted by Crippen LogP contribution is 2.31. The largest absolute Gasteiger partial charge is 0.468 e. The van der Waals surface area contributed by atoms with Crippen molar-refractivity contribution in [3.05, 3.63) is 46.3 Å². The monoisotopic (exact) mass is 312 g/mol. The van der Waals surface area contributed by atoms with Gasteiger partial charge in [0.15, 0.2) is 0 Å². The van der Waals surface area contributed by atoms with E-state index < -0.39 is 0 Å². The van der Waals surface area contributed by atoms with Crippen molar-refractivity contribution >= 4 is 29.7 Å². The van der Waals surface area contributed by atoms with Crippen LogP contribution in [0.25, 0.3) is 11.3 Å². The lowest BCUT2D eigenvalue weighted by atomic mass is 10.1. The summed E-state index contributed by atoms with van der Waals surface area (Å²) in [6, 6.07) is 5.45. The molecule has 0 aliphatic heterocycles. The molecule has 0 radical (unpaired) electrons. The van der Waals surface area contributed by atoms with Gasteiger partial charge in [0.05, 0.1) is 34.2 Å². The Kier molecular flexibility index (Phi) is 6.98. The minimum atomic E-state index is 0.431. The Morgan fingerprint density at radius 3 is 2.50 bits per heavy atom. The van der Waals surface area contributed by atoms with E-state index in [0.29, 0.717) is 23.1 Å². The smallest absolute Gasteiger partial charge is 0.293 e. The summed E-state index contributed by atoms with van der Waals surface area (Å²) >= 11 is 12.0. The summed E-state index contributed by atoms with van der Waals surface area (Å²) in [6.07, 6.45) is 3.39. The van der Waals surface area contributed by atoms with Crippen LogP contribution in [0.1, 0.15) is 12.6 Å². The van der Waals surface area contributed by atoms with Gasteiger partial charge in [0.25, 0.3) is 6.47 Å². The minimum absolute atomic E-state index is 0.431. The number of rotatable bonds is 3. The Morgan fingerprint density at radius 1 is 1.25 bits per heavy atom. The van der Waals surface area contributed by atoms with Crippen molar-refractivity contribution in [3.63, 3.8) is 0 Å². The summed E-state index contributed by atoms with van der Waals surface area (Å²) in [5, 5.41) is 1.04. The van der Waals surface area contributed by atoms with Gasteiger partial charge in [0, 0.05) is 11.8 Å². The molecule has 2 aromatic rings. The standard InChI is InChI=1S/C11H8Cl2N2.C3H6O2/c1-7-5-15-10(6-14-7)8-3-2-4-9(12)11(8)13;1-2-5-3-4/h2-6H,1H3;3H,2H2,1H3. The molecule has 1 heterocycles. The SMILES string of the molecule is CCOC=O.Cc1cnc(-c2cccc(Cl)c2Cl)cn1. The molecule has 106 valence electrons. The third kappa shape index (κ3) is 4.79. The van der Waals surface area contributed by atoms with Crippen LogP contribution >= 0.6 is 23.2 Å². The average molecular weight is 313 g/mol. The molecular formula is C14H14Cl2N2O2. The van der Waals surface area contributed by atoms with Gasteiger partial charge in [-0.2, -0.15) is 0 Å². The van der Waals surface area contributed by atoms with Crippen molar-refractivity contribution in [2.24, 2.45) is 0 Å². The zero-order valence-electron chi connectivity index (χ0n) is 11.1. The van der Waals surface area contributed by atoms with E-state index in [2.05, 4.69) is 14.7 Å². The third-order valence-corrected chi connectivity index (χ3v) is 3.06. The zero-order valence-corrected chi connectivity index (χ0v) is 12.6. The second-order valence-corrected chi connectivity index (χ2v) is 4.48. The average Bonchev–Trinajstić information content (AvgIpc) is 2.45. The lowest BCUT2D eigenvalue weighted by Crippen LogP contribution is -1.88. The first-order valence-electron chi connectivity index (χ1n) is 5.88. The molecule has 4 nitrogen and oxygen atoms in total. The fourth-order valence-electron chi connectivity index (χ4n) is 1.30. The second-order valence-electron chi connectivity index (χ2n) is 3.70. The Bertz CT molecular complexity index is 560. The fraction of sp³-hybridized carbons (Fsp3) is 0.214. The van der Waals surface area contributed by atoms with Crippen molar-refractivity contribution in [3.8, 4) is 11.3 Å². The molecule has 0 spiro atoms. The quantitative estimate of drug-likeness (QED) is 0.805. The lowest BCUT2D eigenvalue weighted by Gasteiger charge is -2.04. The van der Waals surface area contributed by atoms with Crippen LogP contribution in [0.5, 0.6) is 0 Å². The van der Waals surface area contributed by atoms with Crippen LogP contribution in [-0.4, -0.2) is 23.0 Å². The molecular weight excluding hydrogens is 299 g/mol. The van der Waals surface area contributed by atoms with Crippen molar-refractivity contribution in [2.75, 3.05) is 6.61 Å². The summed E-state index contributed by atoms with van der Waals surface area (Å²) in [4.78, 5) is 17.6. The van der Waals surface area contributed by atoms with Gasteiger partial charge in [0.2, 0.25) is 0 Å². The molecule has 0 bridgehead atoms. The van der Waals surface area contributed by atoms with E-state index >= 15 is 0 Å². The number of hydrogen-bond acceptors (Lipinski definition) is 4. The van der Waals surface area contributed by atoms with Crippen LogP contribution in [0.3, 0.4) is 0 Å². The second kappa shape index (κ2) is 8.51. The maximum absolute atomic E-state index is 9.18. The first-order chi connectivity index (χ1) is 9.60. The van der Waals surface area contributed by atoms with Gasteiger partial charge in [-0.05, 0) is 19.9 Å². The Balaban J connectivity index is 0.000000347. The summed E-state index contributed by atoms with van der Waals surface area (Å²) in [5.41, 5.74) is 2.40. The molecule has 1 aromatic heterocycles. The topological polar surface area (TPSA) is 52.1 Å². The predicted molar refractivity (Wildman–Crippen MR) is 79.9 cm³/mol. The molecule has 0 aliphatic carbocycles. The number of carbonyl (C=O) groups excluding carboxylic acids is 1. The van der Waals surface area contributed by atoms with Gasteiger partial charge in [-0.15, -0.1) is 0 Å². The lowest BCUT2D eigenvalue weighted by molar-refractivity contribution is -0.128. The van der Waals surface area contributed by atoms with Crippen LogP contribution in [0, 0.1) is 6.92 Å². The summed E-state index contributed by atoms with van der Waals surface area (Å²) in [6.45, 7) is 4.55. The van der Waals surface area contributed by atoms with Crippen LogP contribution < -0.4 is 0 Å². The van der Waals surface area contributed by atoms with E-state index in [-0.39, 0.29) is 0 Å². The third-order valence-electron chi connectivity index (χ3n) is 2.24. The number of benzene rings is 1. The van der Waals surface area contributed by atoms with Crippen molar-refractivity contribution in [1.29, 1.82) is 0 Å². The Labute approximate surface area is 127 Å². The van der Waals surface area contributed by atoms with E-state index in [0.717, 1.165) is 17.0 Å². The fourth-order valence-corrected chi connectivity index (χ4v) is 1.70. The van der Waals surface area contributed by atoms with E-state index in [4.69, 9.17) is 23.2 Å². The van der Waals surface area contributed by atoms with Crippen LogP contribution in [0.15, 0.2) is 30.6 Å². The van der Waals surface area contributed by atoms with Crippen LogP contribution in [0.4, 0.5) is 0 Å². The first-order valence-corrected chi connectivity index (χ1v) is 6.64. The molecule has 20 heavy (non-hydrogen) atoms. The van der Waals surface area contributed by atoms with E-state index in [1.807, 2.05) is 19.1 Å². The minimum Gasteiger partial charge on any atom is -0.468 e. The van der Waals surface area contributed by atoms with Gasteiger partial charge in [-0.25, -0.2) is 0 Å². The first kappa shape index (κ1) is 16.4. The summed E-state index contributed by atoms with van der Waals surface area (Å²) in [5.74, 6) is 0. The number of halogens is 2. The molecule has 0 atom stereocenters. The van der Waals surface area contributed by atoms with Gasteiger partial charge in [0.1, 0.15) is 0 Å². The number of aromatic nitrogens is 2. The van der Waals surface area contributed by atoms with Crippen LogP contribution in [0.2, 0.25) is 10.0 Å². The number of nitrogens with zero attached hydrogens (tertiary/aromatic N) is 2. The molecule has 1 aromatic carbocycles. The molecule has 0 aliphatic rings.